The Morgan fingerprint density at radius 2 is 1.77 bits per heavy atom. The number of benzene rings is 2. The minimum Gasteiger partial charge on any atom is -0.494 e. The second-order valence-electron chi connectivity index (χ2n) is 6.90. The molecule has 1 heterocycles. The Morgan fingerprint density at radius 3 is 2.37 bits per heavy atom. The quantitative estimate of drug-likeness (QED) is 0.414. The third-order valence-corrected chi connectivity index (χ3v) is 6.68. The zero-order valence-corrected chi connectivity index (χ0v) is 19.9. The van der Waals surface area contributed by atoms with Gasteiger partial charge in [-0.3, -0.25) is 9.69 Å². The predicted molar refractivity (Wildman–Crippen MR) is 127 cm³/mol. The first-order chi connectivity index (χ1) is 14.4. The number of likely N-dealkylation sites (N-methyl/N-ethyl adjacent to an activating group) is 1. The highest BCUT2D eigenvalue weighted by molar-refractivity contribution is 7.22. The molecule has 3 rings (SSSR count). The van der Waals surface area contributed by atoms with Crippen molar-refractivity contribution in [2.75, 3.05) is 38.2 Å². The van der Waals surface area contributed by atoms with Crippen LogP contribution < -0.4 is 9.64 Å². The van der Waals surface area contributed by atoms with Crippen LogP contribution in [0.5, 0.6) is 5.75 Å². The Bertz CT molecular complexity index is 1030. The van der Waals surface area contributed by atoms with Crippen LogP contribution in [0.2, 0.25) is 10.0 Å². The van der Waals surface area contributed by atoms with Crippen molar-refractivity contribution in [1.29, 1.82) is 0 Å². The van der Waals surface area contributed by atoms with E-state index >= 15 is 0 Å². The molecule has 0 aliphatic carbocycles. The van der Waals surface area contributed by atoms with E-state index in [2.05, 4.69) is 18.7 Å². The van der Waals surface area contributed by atoms with E-state index in [1.807, 2.05) is 19.1 Å². The van der Waals surface area contributed by atoms with Gasteiger partial charge in [0.1, 0.15) is 11.3 Å². The molecule has 0 aliphatic heterocycles. The van der Waals surface area contributed by atoms with Crippen molar-refractivity contribution in [2.45, 2.75) is 20.8 Å². The lowest BCUT2D eigenvalue weighted by atomic mass is 10.2. The number of amides is 1. The Hall–Kier alpha value is -1.86. The second kappa shape index (κ2) is 9.96. The fourth-order valence-corrected chi connectivity index (χ4v) is 4.88. The molecule has 0 saturated carbocycles. The maximum atomic E-state index is 13.5. The van der Waals surface area contributed by atoms with Crippen molar-refractivity contribution >= 4 is 55.8 Å². The summed E-state index contributed by atoms with van der Waals surface area (Å²) in [5.74, 6) is 0.516. The fourth-order valence-electron chi connectivity index (χ4n) is 3.28. The molecule has 0 unspecified atom stereocenters. The van der Waals surface area contributed by atoms with Gasteiger partial charge in [-0.2, -0.15) is 0 Å². The van der Waals surface area contributed by atoms with E-state index in [4.69, 9.17) is 32.9 Å². The van der Waals surface area contributed by atoms with Gasteiger partial charge in [0, 0.05) is 28.7 Å². The third kappa shape index (κ3) is 4.89. The summed E-state index contributed by atoms with van der Waals surface area (Å²) in [6.07, 6.45) is 0. The molecule has 0 atom stereocenters. The number of hydrogen-bond acceptors (Lipinski definition) is 5. The number of aromatic nitrogens is 1. The highest BCUT2D eigenvalue weighted by Gasteiger charge is 2.24. The van der Waals surface area contributed by atoms with Crippen LogP contribution in [0.3, 0.4) is 0 Å². The molecule has 5 nitrogen and oxygen atoms in total. The standard InChI is InChI=1S/C22H25Cl2N3O2S/c1-5-26(6-2)9-10-27(21(28)15-11-16(23)13-17(24)12-15)22-25-19-18(29-4)8-7-14(3)20(19)30-22/h7-8,11-13H,5-6,9-10H2,1-4H3. The van der Waals surface area contributed by atoms with Crippen molar-refractivity contribution in [3.63, 3.8) is 0 Å². The van der Waals surface area contributed by atoms with Crippen molar-refractivity contribution in [3.05, 3.63) is 51.5 Å². The molecule has 2 aromatic carbocycles. The van der Waals surface area contributed by atoms with Gasteiger partial charge in [0.2, 0.25) is 0 Å². The number of rotatable bonds is 8. The lowest BCUT2D eigenvalue weighted by Gasteiger charge is -2.25. The number of thiazole rings is 1. The predicted octanol–water partition coefficient (Wildman–Crippen LogP) is 5.91. The van der Waals surface area contributed by atoms with E-state index in [1.165, 1.54) is 11.3 Å². The normalized spacial score (nSPS) is 11.3. The monoisotopic (exact) mass is 465 g/mol. The van der Waals surface area contributed by atoms with Gasteiger partial charge in [-0.15, -0.1) is 0 Å². The summed E-state index contributed by atoms with van der Waals surface area (Å²) in [6.45, 7) is 9.31. The van der Waals surface area contributed by atoms with Crippen LogP contribution in [-0.2, 0) is 0 Å². The fraction of sp³-hybridized carbons (Fsp3) is 0.364. The SMILES string of the molecule is CCN(CC)CCN(C(=O)c1cc(Cl)cc(Cl)c1)c1nc2c(OC)ccc(C)c2s1. The highest BCUT2D eigenvalue weighted by atomic mass is 35.5. The first-order valence-electron chi connectivity index (χ1n) is 9.82. The number of halogens is 2. The molecular weight excluding hydrogens is 441 g/mol. The number of ether oxygens (including phenoxy) is 1. The van der Waals surface area contributed by atoms with E-state index in [0.29, 0.717) is 33.0 Å². The number of nitrogens with zero attached hydrogens (tertiary/aromatic N) is 3. The van der Waals surface area contributed by atoms with Gasteiger partial charge in [-0.05, 0) is 49.8 Å². The Balaban J connectivity index is 2.06. The summed E-state index contributed by atoms with van der Waals surface area (Å²) in [5, 5.41) is 1.48. The molecule has 0 saturated heterocycles. The number of fused-ring (bicyclic) bond motifs is 1. The molecule has 8 heteroatoms. The van der Waals surface area contributed by atoms with Crippen LogP contribution in [0.15, 0.2) is 30.3 Å². The molecule has 0 radical (unpaired) electrons. The second-order valence-corrected chi connectivity index (χ2v) is 8.75. The average Bonchev–Trinajstić information content (AvgIpc) is 3.16. The maximum absolute atomic E-state index is 13.5. The molecule has 0 bridgehead atoms. The van der Waals surface area contributed by atoms with Gasteiger partial charge >= 0.3 is 0 Å². The summed E-state index contributed by atoms with van der Waals surface area (Å²) in [5.41, 5.74) is 2.30. The summed E-state index contributed by atoms with van der Waals surface area (Å²) in [6, 6.07) is 8.80. The summed E-state index contributed by atoms with van der Waals surface area (Å²) < 4.78 is 6.49. The Labute approximate surface area is 191 Å². The first kappa shape index (κ1) is 22.8. The molecule has 0 fully saturated rings. The number of aryl methyl sites for hydroxylation is 1. The van der Waals surface area contributed by atoms with Gasteiger partial charge < -0.3 is 9.64 Å². The molecule has 1 aromatic heterocycles. The van der Waals surface area contributed by atoms with Crippen LogP contribution in [0.4, 0.5) is 5.13 Å². The maximum Gasteiger partial charge on any atom is 0.260 e. The molecule has 0 spiro atoms. The minimum atomic E-state index is -0.178. The Morgan fingerprint density at radius 1 is 1.10 bits per heavy atom. The van der Waals surface area contributed by atoms with Crippen molar-refractivity contribution < 1.29 is 9.53 Å². The summed E-state index contributed by atoms with van der Waals surface area (Å²) in [4.78, 5) is 22.2. The van der Waals surface area contributed by atoms with E-state index < -0.39 is 0 Å². The molecular formula is C22H25Cl2N3O2S. The molecule has 3 aromatic rings. The number of methoxy groups -OCH3 is 1. The van der Waals surface area contributed by atoms with Gasteiger partial charge in [0.25, 0.3) is 5.91 Å². The molecule has 1 amide bonds. The van der Waals surface area contributed by atoms with Gasteiger partial charge in [0.15, 0.2) is 5.13 Å². The van der Waals surface area contributed by atoms with Crippen LogP contribution >= 0.6 is 34.5 Å². The lowest BCUT2D eigenvalue weighted by Crippen LogP contribution is -2.38. The zero-order chi connectivity index (χ0) is 21.8. The largest absolute Gasteiger partial charge is 0.494 e. The average molecular weight is 466 g/mol. The molecule has 0 N–H and O–H groups in total. The number of carbonyl (C=O) groups excluding carboxylic acids is 1. The van der Waals surface area contributed by atoms with Crippen LogP contribution in [0.25, 0.3) is 10.2 Å². The lowest BCUT2D eigenvalue weighted by molar-refractivity contribution is 0.0983. The number of anilines is 1. The van der Waals surface area contributed by atoms with Gasteiger partial charge in [0.05, 0.1) is 11.8 Å². The minimum absolute atomic E-state index is 0.178. The Kier molecular flexibility index (Phi) is 7.58. The molecule has 0 aliphatic rings. The zero-order valence-electron chi connectivity index (χ0n) is 17.5. The van der Waals surface area contributed by atoms with E-state index in [1.54, 1.807) is 30.2 Å². The van der Waals surface area contributed by atoms with Gasteiger partial charge in [-0.25, -0.2) is 4.98 Å². The van der Waals surface area contributed by atoms with Crippen LogP contribution in [0.1, 0.15) is 29.8 Å². The summed E-state index contributed by atoms with van der Waals surface area (Å²) >= 11 is 13.8. The molecule has 160 valence electrons. The van der Waals surface area contributed by atoms with Crippen molar-refractivity contribution in [2.24, 2.45) is 0 Å². The highest BCUT2D eigenvalue weighted by Crippen LogP contribution is 2.37. The third-order valence-electron chi connectivity index (χ3n) is 5.03. The molecule has 30 heavy (non-hydrogen) atoms. The van der Waals surface area contributed by atoms with Crippen LogP contribution in [0, 0.1) is 6.92 Å². The first-order valence-corrected chi connectivity index (χ1v) is 11.4. The number of hydrogen-bond donors (Lipinski definition) is 0. The number of carbonyl (C=O) groups is 1. The van der Waals surface area contributed by atoms with Gasteiger partial charge in [-0.1, -0.05) is 54.5 Å². The van der Waals surface area contributed by atoms with E-state index in [9.17, 15) is 4.79 Å². The van der Waals surface area contributed by atoms with E-state index in [-0.39, 0.29) is 5.91 Å². The van der Waals surface area contributed by atoms with Crippen molar-refractivity contribution in [3.8, 4) is 5.75 Å². The topological polar surface area (TPSA) is 45.7 Å². The smallest absolute Gasteiger partial charge is 0.260 e. The van der Waals surface area contributed by atoms with E-state index in [0.717, 1.165) is 35.4 Å². The van der Waals surface area contributed by atoms with Crippen LogP contribution in [-0.4, -0.2) is 49.1 Å². The van der Waals surface area contributed by atoms with Crippen molar-refractivity contribution in [1.82, 2.24) is 9.88 Å². The summed E-state index contributed by atoms with van der Waals surface area (Å²) in [7, 11) is 1.63.